The van der Waals surface area contributed by atoms with Crippen LogP contribution in [0.15, 0.2) is 69.0 Å². The highest BCUT2D eigenvalue weighted by Gasteiger charge is 2.26. The molecule has 0 spiro atoms. The molecule has 9 heteroatoms. The Morgan fingerprint density at radius 3 is 2.38 bits per heavy atom. The standard InChI is InChI=1S/C23H19N3O6/c1-2-32-22(30)18-16(14-10-6-7-11-15(14)27)17-19(24-20(18)28)25-23(31)26(21(17)29)12-13-8-4-3-5-9-13/h3-11,27H,2,12H2,1H3,(H2,24,25,28,31). The molecule has 0 atom stereocenters. The molecular formula is C23H19N3O6. The fourth-order valence-corrected chi connectivity index (χ4v) is 3.57. The van der Waals surface area contributed by atoms with E-state index < -0.39 is 28.3 Å². The van der Waals surface area contributed by atoms with Crippen LogP contribution < -0.4 is 16.8 Å². The third kappa shape index (κ3) is 3.60. The summed E-state index contributed by atoms with van der Waals surface area (Å²) in [6.07, 6.45) is 0. The molecular weight excluding hydrogens is 414 g/mol. The number of rotatable bonds is 5. The van der Waals surface area contributed by atoms with Gasteiger partial charge in [0.2, 0.25) is 0 Å². The Bertz CT molecular complexity index is 1500. The smallest absolute Gasteiger partial charge is 0.344 e. The van der Waals surface area contributed by atoms with Crippen LogP contribution in [0.3, 0.4) is 0 Å². The van der Waals surface area contributed by atoms with Crippen molar-refractivity contribution in [3.63, 3.8) is 0 Å². The number of para-hydroxylation sites is 1. The first-order valence-electron chi connectivity index (χ1n) is 9.85. The van der Waals surface area contributed by atoms with E-state index in [1.165, 1.54) is 12.1 Å². The summed E-state index contributed by atoms with van der Waals surface area (Å²) in [5.74, 6) is -1.20. The van der Waals surface area contributed by atoms with Crippen LogP contribution in [0.2, 0.25) is 0 Å². The van der Waals surface area contributed by atoms with Crippen molar-refractivity contribution >= 4 is 17.0 Å². The Balaban J connectivity index is 2.13. The quantitative estimate of drug-likeness (QED) is 0.412. The van der Waals surface area contributed by atoms with Crippen LogP contribution in [0.25, 0.3) is 22.2 Å². The second-order valence-electron chi connectivity index (χ2n) is 7.00. The van der Waals surface area contributed by atoms with Crippen LogP contribution in [0, 0.1) is 0 Å². The van der Waals surface area contributed by atoms with Gasteiger partial charge in [-0.3, -0.25) is 19.1 Å². The van der Waals surface area contributed by atoms with Gasteiger partial charge in [0, 0.05) is 11.1 Å². The van der Waals surface area contributed by atoms with E-state index in [4.69, 9.17) is 4.74 Å². The number of benzene rings is 2. The number of ether oxygens (including phenoxy) is 1. The molecule has 4 rings (SSSR count). The van der Waals surface area contributed by atoms with Crippen LogP contribution in [0.1, 0.15) is 22.8 Å². The minimum Gasteiger partial charge on any atom is -0.507 e. The number of phenolic OH excluding ortho intramolecular Hbond substituents is 1. The summed E-state index contributed by atoms with van der Waals surface area (Å²) in [5, 5.41) is 10.3. The summed E-state index contributed by atoms with van der Waals surface area (Å²) in [5.41, 5.74) is -2.22. The lowest BCUT2D eigenvalue weighted by Crippen LogP contribution is -2.37. The number of carbonyl (C=O) groups excluding carboxylic acids is 1. The third-order valence-corrected chi connectivity index (χ3v) is 4.99. The number of nitrogens with one attached hydrogen (secondary N) is 2. The van der Waals surface area contributed by atoms with E-state index in [9.17, 15) is 24.3 Å². The monoisotopic (exact) mass is 433 g/mol. The van der Waals surface area contributed by atoms with Crippen LogP contribution in [0.5, 0.6) is 5.75 Å². The average molecular weight is 433 g/mol. The van der Waals surface area contributed by atoms with E-state index in [0.717, 1.165) is 4.57 Å². The number of H-pyrrole nitrogens is 2. The third-order valence-electron chi connectivity index (χ3n) is 4.99. The van der Waals surface area contributed by atoms with Gasteiger partial charge in [0.15, 0.2) is 0 Å². The van der Waals surface area contributed by atoms with Gasteiger partial charge in [-0.25, -0.2) is 9.59 Å². The van der Waals surface area contributed by atoms with Crippen molar-refractivity contribution in [1.29, 1.82) is 0 Å². The average Bonchev–Trinajstić information content (AvgIpc) is 2.77. The SMILES string of the molecule is CCOC(=O)c1c(-c2ccccc2O)c2c(=O)n(Cc3ccccc3)c(=O)[nH]c2[nH]c1=O. The van der Waals surface area contributed by atoms with Crippen molar-refractivity contribution in [2.45, 2.75) is 13.5 Å². The molecule has 0 aliphatic heterocycles. The molecule has 0 saturated heterocycles. The molecule has 162 valence electrons. The molecule has 32 heavy (non-hydrogen) atoms. The van der Waals surface area contributed by atoms with E-state index in [2.05, 4.69) is 9.97 Å². The molecule has 0 aliphatic carbocycles. The predicted octanol–water partition coefficient (Wildman–Crippen LogP) is 1.98. The van der Waals surface area contributed by atoms with E-state index in [1.807, 2.05) is 6.07 Å². The minimum atomic E-state index is -0.950. The van der Waals surface area contributed by atoms with Gasteiger partial charge in [0.05, 0.1) is 18.5 Å². The summed E-state index contributed by atoms with van der Waals surface area (Å²) >= 11 is 0. The molecule has 0 aliphatic rings. The van der Waals surface area contributed by atoms with Crippen LogP contribution in [-0.4, -0.2) is 32.2 Å². The van der Waals surface area contributed by atoms with E-state index >= 15 is 0 Å². The number of aromatic hydroxyl groups is 1. The maximum atomic E-state index is 13.5. The van der Waals surface area contributed by atoms with E-state index in [1.54, 1.807) is 43.3 Å². The number of esters is 1. The van der Waals surface area contributed by atoms with E-state index in [0.29, 0.717) is 5.56 Å². The molecule has 0 bridgehead atoms. The molecule has 3 N–H and O–H groups in total. The Labute approximate surface area is 180 Å². The first-order valence-corrected chi connectivity index (χ1v) is 9.85. The second-order valence-corrected chi connectivity index (χ2v) is 7.00. The van der Waals surface area contributed by atoms with E-state index in [-0.39, 0.29) is 41.1 Å². The first-order chi connectivity index (χ1) is 15.4. The van der Waals surface area contributed by atoms with Gasteiger partial charge in [-0.2, -0.15) is 0 Å². The molecule has 0 amide bonds. The van der Waals surface area contributed by atoms with Crippen LogP contribution >= 0.6 is 0 Å². The molecule has 2 aromatic heterocycles. The van der Waals surface area contributed by atoms with Gasteiger partial charge in [-0.1, -0.05) is 48.5 Å². The molecule has 0 unspecified atom stereocenters. The largest absolute Gasteiger partial charge is 0.507 e. The Morgan fingerprint density at radius 1 is 1.00 bits per heavy atom. The number of pyridine rings is 1. The van der Waals surface area contributed by atoms with Gasteiger partial charge in [0.1, 0.15) is 17.0 Å². The van der Waals surface area contributed by atoms with Crippen molar-refractivity contribution in [3.8, 4) is 16.9 Å². The Hall–Kier alpha value is -4.40. The van der Waals surface area contributed by atoms with Gasteiger partial charge >= 0.3 is 11.7 Å². The molecule has 0 radical (unpaired) electrons. The highest BCUT2D eigenvalue weighted by Crippen LogP contribution is 2.33. The van der Waals surface area contributed by atoms with Gasteiger partial charge < -0.3 is 14.8 Å². The number of aromatic amines is 2. The summed E-state index contributed by atoms with van der Waals surface area (Å²) in [7, 11) is 0. The molecule has 9 nitrogen and oxygen atoms in total. The molecule has 2 heterocycles. The van der Waals surface area contributed by atoms with Crippen molar-refractivity contribution in [3.05, 3.63) is 96.9 Å². The lowest BCUT2D eigenvalue weighted by Gasteiger charge is -2.14. The number of hydrogen-bond acceptors (Lipinski definition) is 6. The predicted molar refractivity (Wildman–Crippen MR) is 118 cm³/mol. The zero-order chi connectivity index (χ0) is 22.8. The fraction of sp³-hybridized carbons (Fsp3) is 0.130. The topological polar surface area (TPSA) is 134 Å². The number of carbonyl (C=O) groups is 1. The Kier molecular flexibility index (Phi) is 5.46. The number of aromatic nitrogens is 3. The molecule has 4 aromatic rings. The van der Waals surface area contributed by atoms with Crippen molar-refractivity contribution in [1.82, 2.24) is 14.5 Å². The van der Waals surface area contributed by atoms with Crippen molar-refractivity contribution < 1.29 is 14.6 Å². The second kappa shape index (κ2) is 8.38. The molecule has 0 saturated carbocycles. The minimum absolute atomic E-state index is 0.000381. The van der Waals surface area contributed by atoms with Crippen LogP contribution in [0.4, 0.5) is 0 Å². The maximum Gasteiger partial charge on any atom is 0.344 e. The number of fused-ring (bicyclic) bond motifs is 1. The van der Waals surface area contributed by atoms with Crippen LogP contribution in [-0.2, 0) is 11.3 Å². The number of nitrogens with zero attached hydrogens (tertiary/aromatic N) is 1. The normalized spacial score (nSPS) is 10.9. The lowest BCUT2D eigenvalue weighted by atomic mass is 9.97. The Morgan fingerprint density at radius 2 is 1.69 bits per heavy atom. The van der Waals surface area contributed by atoms with Crippen molar-refractivity contribution in [2.24, 2.45) is 0 Å². The van der Waals surface area contributed by atoms with Crippen molar-refractivity contribution in [2.75, 3.05) is 6.61 Å². The summed E-state index contributed by atoms with van der Waals surface area (Å²) < 4.78 is 5.99. The zero-order valence-corrected chi connectivity index (χ0v) is 17.0. The fourth-order valence-electron chi connectivity index (χ4n) is 3.57. The maximum absolute atomic E-state index is 13.5. The number of phenols is 1. The van der Waals surface area contributed by atoms with Gasteiger partial charge in [-0.15, -0.1) is 0 Å². The highest BCUT2D eigenvalue weighted by atomic mass is 16.5. The molecule has 0 fully saturated rings. The lowest BCUT2D eigenvalue weighted by molar-refractivity contribution is 0.0525. The number of hydrogen-bond donors (Lipinski definition) is 3. The first kappa shape index (κ1) is 20.9. The van der Waals surface area contributed by atoms with Gasteiger partial charge in [-0.05, 0) is 18.6 Å². The summed E-state index contributed by atoms with van der Waals surface area (Å²) in [4.78, 5) is 56.5. The zero-order valence-electron chi connectivity index (χ0n) is 17.0. The summed E-state index contributed by atoms with van der Waals surface area (Å²) in [6, 6.07) is 14.9. The highest BCUT2D eigenvalue weighted by molar-refractivity contribution is 6.06. The summed E-state index contributed by atoms with van der Waals surface area (Å²) in [6.45, 7) is 1.55. The molecule has 2 aromatic carbocycles. The van der Waals surface area contributed by atoms with Gasteiger partial charge in [0.25, 0.3) is 11.1 Å².